The molecule has 0 fully saturated rings. The Hall–Kier alpha value is -1.97. The van der Waals surface area contributed by atoms with Gasteiger partial charge in [-0.15, -0.1) is 0 Å². The first kappa shape index (κ1) is 10.5. The molecule has 0 aliphatic rings. The highest BCUT2D eigenvalue weighted by Gasteiger charge is 2.05. The van der Waals surface area contributed by atoms with Crippen LogP contribution < -0.4 is 10.3 Å². The molecular weight excluding hydrogens is 204 g/mol. The van der Waals surface area contributed by atoms with Crippen LogP contribution in [0, 0.1) is 0 Å². The monoisotopic (exact) mass is 218 g/mol. The third-order valence-electron chi connectivity index (χ3n) is 2.60. The van der Waals surface area contributed by atoms with Gasteiger partial charge in [0.25, 0.3) is 5.56 Å². The third kappa shape index (κ3) is 2.00. The standard InChI is InChI=1S/C12H14N2O2/c1-13-10(8-12(15)14(13)2)9-16-11-6-4-3-5-7-11/h3-8H,9H2,1-2H3. The van der Waals surface area contributed by atoms with E-state index < -0.39 is 0 Å². The third-order valence-corrected chi connectivity index (χ3v) is 2.60. The molecule has 0 atom stereocenters. The number of aromatic nitrogens is 2. The lowest BCUT2D eigenvalue weighted by molar-refractivity contribution is 0.291. The first-order chi connectivity index (χ1) is 7.68. The van der Waals surface area contributed by atoms with E-state index in [-0.39, 0.29) is 5.56 Å². The zero-order valence-electron chi connectivity index (χ0n) is 9.38. The normalized spacial score (nSPS) is 10.4. The van der Waals surface area contributed by atoms with E-state index in [0.29, 0.717) is 6.61 Å². The highest BCUT2D eigenvalue weighted by Crippen LogP contribution is 2.10. The quantitative estimate of drug-likeness (QED) is 0.778. The van der Waals surface area contributed by atoms with Crippen LogP contribution in [0.5, 0.6) is 5.75 Å². The molecule has 4 nitrogen and oxygen atoms in total. The maximum atomic E-state index is 11.4. The molecule has 0 amide bonds. The predicted octanol–water partition coefficient (Wildman–Crippen LogP) is 1.30. The van der Waals surface area contributed by atoms with Gasteiger partial charge in [0.2, 0.25) is 0 Å². The average molecular weight is 218 g/mol. The molecule has 0 unspecified atom stereocenters. The Balaban J connectivity index is 2.11. The smallest absolute Gasteiger partial charge is 0.266 e. The van der Waals surface area contributed by atoms with E-state index in [1.165, 1.54) is 0 Å². The minimum atomic E-state index is -0.0193. The Morgan fingerprint density at radius 3 is 2.38 bits per heavy atom. The van der Waals surface area contributed by atoms with Gasteiger partial charge in [-0.2, -0.15) is 0 Å². The van der Waals surface area contributed by atoms with Crippen LogP contribution in [-0.2, 0) is 20.7 Å². The van der Waals surface area contributed by atoms with Gasteiger partial charge >= 0.3 is 0 Å². The number of para-hydroxylation sites is 1. The van der Waals surface area contributed by atoms with Crippen LogP contribution in [0.2, 0.25) is 0 Å². The van der Waals surface area contributed by atoms with Crippen molar-refractivity contribution in [1.29, 1.82) is 0 Å². The Kier molecular flexibility index (Phi) is 2.81. The molecule has 0 saturated heterocycles. The summed E-state index contributed by atoms with van der Waals surface area (Å²) in [5.41, 5.74) is 0.838. The molecule has 1 aromatic heterocycles. The zero-order chi connectivity index (χ0) is 11.5. The van der Waals surface area contributed by atoms with Gasteiger partial charge in [-0.1, -0.05) is 18.2 Å². The number of hydrogen-bond acceptors (Lipinski definition) is 2. The molecule has 1 aromatic carbocycles. The van der Waals surface area contributed by atoms with Crippen LogP contribution in [0.4, 0.5) is 0 Å². The fourth-order valence-corrected chi connectivity index (χ4v) is 1.48. The first-order valence-electron chi connectivity index (χ1n) is 5.08. The van der Waals surface area contributed by atoms with Gasteiger partial charge in [-0.05, 0) is 12.1 Å². The fraction of sp³-hybridized carbons (Fsp3) is 0.250. The van der Waals surface area contributed by atoms with Crippen molar-refractivity contribution in [3.63, 3.8) is 0 Å². The second kappa shape index (κ2) is 4.26. The van der Waals surface area contributed by atoms with Gasteiger partial charge in [-0.3, -0.25) is 14.2 Å². The predicted molar refractivity (Wildman–Crippen MR) is 61.4 cm³/mol. The van der Waals surface area contributed by atoms with E-state index in [9.17, 15) is 4.79 Å². The summed E-state index contributed by atoms with van der Waals surface area (Å²) in [5, 5.41) is 0. The van der Waals surface area contributed by atoms with Crippen LogP contribution in [0.1, 0.15) is 5.69 Å². The van der Waals surface area contributed by atoms with E-state index in [1.54, 1.807) is 22.5 Å². The highest BCUT2D eigenvalue weighted by atomic mass is 16.5. The topological polar surface area (TPSA) is 36.2 Å². The van der Waals surface area contributed by atoms with E-state index >= 15 is 0 Å². The van der Waals surface area contributed by atoms with Gasteiger partial charge in [0.1, 0.15) is 12.4 Å². The van der Waals surface area contributed by atoms with Gasteiger partial charge < -0.3 is 4.74 Å². The van der Waals surface area contributed by atoms with E-state index in [2.05, 4.69) is 0 Å². The van der Waals surface area contributed by atoms with Gasteiger partial charge in [0, 0.05) is 20.2 Å². The molecule has 0 spiro atoms. The van der Waals surface area contributed by atoms with Crippen molar-refractivity contribution in [3.05, 3.63) is 52.4 Å². The molecule has 0 radical (unpaired) electrons. The number of hydrogen-bond donors (Lipinski definition) is 0. The summed E-state index contributed by atoms with van der Waals surface area (Å²) in [6, 6.07) is 11.1. The summed E-state index contributed by atoms with van der Waals surface area (Å²) in [5.74, 6) is 0.804. The largest absolute Gasteiger partial charge is 0.487 e. The van der Waals surface area contributed by atoms with Crippen molar-refractivity contribution < 1.29 is 4.74 Å². The molecular formula is C12H14N2O2. The van der Waals surface area contributed by atoms with Crippen molar-refractivity contribution >= 4 is 0 Å². The Bertz CT molecular complexity index is 526. The second-order valence-corrected chi connectivity index (χ2v) is 3.62. The SMILES string of the molecule is Cn1c(COc2ccccc2)cc(=O)n1C. The molecule has 0 N–H and O–H groups in total. The van der Waals surface area contributed by atoms with Crippen LogP contribution in [0.3, 0.4) is 0 Å². The number of nitrogens with zero attached hydrogens (tertiary/aromatic N) is 2. The van der Waals surface area contributed by atoms with E-state index in [4.69, 9.17) is 4.74 Å². The van der Waals surface area contributed by atoms with E-state index in [0.717, 1.165) is 11.4 Å². The molecule has 0 aliphatic carbocycles. The first-order valence-corrected chi connectivity index (χ1v) is 5.08. The molecule has 1 heterocycles. The summed E-state index contributed by atoms with van der Waals surface area (Å²) in [6.45, 7) is 0.399. The zero-order valence-corrected chi connectivity index (χ0v) is 9.38. The molecule has 4 heteroatoms. The summed E-state index contributed by atoms with van der Waals surface area (Å²) in [7, 11) is 3.57. The fourth-order valence-electron chi connectivity index (χ4n) is 1.48. The van der Waals surface area contributed by atoms with Gasteiger partial charge in [-0.25, -0.2) is 0 Å². The number of rotatable bonds is 3. The average Bonchev–Trinajstić information content (AvgIpc) is 2.56. The van der Waals surface area contributed by atoms with Gasteiger partial charge in [0.05, 0.1) is 5.69 Å². The molecule has 0 aliphatic heterocycles. The highest BCUT2D eigenvalue weighted by molar-refractivity contribution is 5.21. The van der Waals surface area contributed by atoms with Crippen LogP contribution in [-0.4, -0.2) is 9.36 Å². The molecule has 84 valence electrons. The van der Waals surface area contributed by atoms with E-state index in [1.807, 2.05) is 37.4 Å². The summed E-state index contributed by atoms with van der Waals surface area (Å²) in [4.78, 5) is 11.4. The summed E-state index contributed by atoms with van der Waals surface area (Å²) in [6.07, 6.45) is 0. The maximum absolute atomic E-state index is 11.4. The Morgan fingerprint density at radius 1 is 1.12 bits per heavy atom. The van der Waals surface area contributed by atoms with Crippen molar-refractivity contribution in [2.24, 2.45) is 14.1 Å². The Labute approximate surface area is 93.7 Å². The van der Waals surface area contributed by atoms with Crippen LogP contribution in [0.25, 0.3) is 0 Å². The van der Waals surface area contributed by atoms with Crippen molar-refractivity contribution in [1.82, 2.24) is 9.36 Å². The van der Waals surface area contributed by atoms with Crippen LogP contribution in [0.15, 0.2) is 41.2 Å². The molecule has 2 aromatic rings. The lowest BCUT2D eigenvalue weighted by Gasteiger charge is -2.07. The summed E-state index contributed by atoms with van der Waals surface area (Å²) < 4.78 is 8.90. The molecule has 0 bridgehead atoms. The molecule has 2 rings (SSSR count). The molecule has 0 saturated carbocycles. The number of ether oxygens (including phenoxy) is 1. The maximum Gasteiger partial charge on any atom is 0.266 e. The lowest BCUT2D eigenvalue weighted by Crippen LogP contribution is -2.17. The van der Waals surface area contributed by atoms with Crippen LogP contribution >= 0.6 is 0 Å². The van der Waals surface area contributed by atoms with Crippen molar-refractivity contribution in [3.8, 4) is 5.75 Å². The van der Waals surface area contributed by atoms with Crippen molar-refractivity contribution in [2.45, 2.75) is 6.61 Å². The van der Waals surface area contributed by atoms with Crippen molar-refractivity contribution in [2.75, 3.05) is 0 Å². The number of benzene rings is 1. The lowest BCUT2D eigenvalue weighted by atomic mass is 10.3. The minimum Gasteiger partial charge on any atom is -0.487 e. The van der Waals surface area contributed by atoms with Gasteiger partial charge in [0.15, 0.2) is 0 Å². The molecule has 16 heavy (non-hydrogen) atoms. The minimum absolute atomic E-state index is 0.0193. The second-order valence-electron chi connectivity index (χ2n) is 3.62. The summed E-state index contributed by atoms with van der Waals surface area (Å²) >= 11 is 0. The Morgan fingerprint density at radius 2 is 1.81 bits per heavy atom.